The summed E-state index contributed by atoms with van der Waals surface area (Å²) in [7, 11) is 0. The number of phenols is 2. The van der Waals surface area contributed by atoms with Gasteiger partial charge >= 0.3 is 5.97 Å². The van der Waals surface area contributed by atoms with Gasteiger partial charge in [0.2, 0.25) is 0 Å². The van der Waals surface area contributed by atoms with E-state index in [0.717, 1.165) is 12.1 Å². The Morgan fingerprint density at radius 2 is 1.93 bits per heavy atom. The lowest BCUT2D eigenvalue weighted by Gasteiger charge is -2.22. The first kappa shape index (κ1) is 11.3. The third-order valence-electron chi connectivity index (χ3n) is 2.12. The second-order valence-electron chi connectivity index (χ2n) is 3.14. The van der Waals surface area contributed by atoms with Gasteiger partial charge in [0.1, 0.15) is 0 Å². The molecule has 1 aromatic rings. The molecule has 0 unspecified atom stereocenters. The van der Waals surface area contributed by atoms with Crippen LogP contribution in [0, 0.1) is 0 Å². The molecule has 0 aromatic heterocycles. The predicted molar refractivity (Wildman–Crippen MR) is 50.4 cm³/mol. The molecule has 0 bridgehead atoms. The molecule has 0 fully saturated rings. The number of aliphatic carboxylic acids is 1. The SMILES string of the molecule is N[C@@](CO)(C(=O)O)c1ccc(O)c(O)c1. The highest BCUT2D eigenvalue weighted by Gasteiger charge is 2.35. The van der Waals surface area contributed by atoms with Crippen molar-refractivity contribution < 1.29 is 25.2 Å². The summed E-state index contributed by atoms with van der Waals surface area (Å²) < 4.78 is 0. The van der Waals surface area contributed by atoms with Crippen molar-refractivity contribution in [3.05, 3.63) is 23.8 Å². The van der Waals surface area contributed by atoms with Crippen LogP contribution < -0.4 is 5.73 Å². The number of aromatic hydroxyl groups is 2. The fourth-order valence-corrected chi connectivity index (χ4v) is 1.08. The standard InChI is InChI=1S/C9H11NO5/c10-9(4-11,8(14)15)5-1-2-6(12)7(13)3-5/h1-3,11-13H,4,10H2,(H,14,15)/t9-/m1/s1. The average Bonchev–Trinajstić information content (AvgIpc) is 2.20. The Labute approximate surface area is 85.2 Å². The van der Waals surface area contributed by atoms with Gasteiger partial charge < -0.3 is 26.2 Å². The largest absolute Gasteiger partial charge is 0.504 e. The number of hydrogen-bond acceptors (Lipinski definition) is 5. The summed E-state index contributed by atoms with van der Waals surface area (Å²) in [6, 6.07) is 3.32. The van der Waals surface area contributed by atoms with Crippen LogP contribution in [0.5, 0.6) is 11.5 Å². The lowest BCUT2D eigenvalue weighted by molar-refractivity contribution is -0.145. The van der Waals surface area contributed by atoms with Crippen LogP contribution in [0.15, 0.2) is 18.2 Å². The molecule has 0 aliphatic carbocycles. The topological polar surface area (TPSA) is 124 Å². The Balaban J connectivity index is 3.25. The fourth-order valence-electron chi connectivity index (χ4n) is 1.08. The molecule has 1 atom stereocenters. The molecule has 0 saturated carbocycles. The first-order valence-corrected chi connectivity index (χ1v) is 4.07. The van der Waals surface area contributed by atoms with Crippen LogP contribution in [-0.4, -0.2) is 33.0 Å². The van der Waals surface area contributed by atoms with Crippen LogP contribution in [0.2, 0.25) is 0 Å². The van der Waals surface area contributed by atoms with Crippen molar-refractivity contribution in [3.8, 4) is 11.5 Å². The van der Waals surface area contributed by atoms with Gasteiger partial charge in [0, 0.05) is 0 Å². The molecule has 0 radical (unpaired) electrons. The summed E-state index contributed by atoms with van der Waals surface area (Å²) in [5.41, 5.74) is 3.46. The van der Waals surface area contributed by atoms with E-state index in [1.54, 1.807) is 0 Å². The van der Waals surface area contributed by atoms with E-state index in [0.29, 0.717) is 0 Å². The summed E-state index contributed by atoms with van der Waals surface area (Å²) >= 11 is 0. The minimum Gasteiger partial charge on any atom is -0.504 e. The third kappa shape index (κ3) is 1.85. The minimum atomic E-state index is -1.98. The second kappa shape index (κ2) is 3.76. The summed E-state index contributed by atoms with van der Waals surface area (Å²) in [6.07, 6.45) is 0. The van der Waals surface area contributed by atoms with Crippen molar-refractivity contribution in [2.45, 2.75) is 5.54 Å². The Kier molecular flexibility index (Phi) is 2.83. The highest BCUT2D eigenvalue weighted by atomic mass is 16.4. The molecule has 0 aliphatic heterocycles. The Bertz CT molecular complexity index is 392. The number of hydrogen-bond donors (Lipinski definition) is 5. The molecule has 82 valence electrons. The zero-order valence-corrected chi connectivity index (χ0v) is 7.71. The van der Waals surface area contributed by atoms with Gasteiger partial charge in [0.05, 0.1) is 6.61 Å². The molecule has 0 aliphatic rings. The molecule has 6 heteroatoms. The molecular weight excluding hydrogens is 202 g/mol. The number of rotatable bonds is 3. The van der Waals surface area contributed by atoms with Crippen LogP contribution in [0.4, 0.5) is 0 Å². The van der Waals surface area contributed by atoms with Gasteiger partial charge in [-0.25, -0.2) is 4.79 Å². The molecule has 6 nitrogen and oxygen atoms in total. The van der Waals surface area contributed by atoms with Crippen LogP contribution >= 0.6 is 0 Å². The van der Waals surface area contributed by atoms with Crippen molar-refractivity contribution in [2.24, 2.45) is 5.73 Å². The predicted octanol–water partition coefficient (Wildman–Crippen LogP) is -0.671. The van der Waals surface area contributed by atoms with E-state index in [1.807, 2.05) is 0 Å². The van der Waals surface area contributed by atoms with Gasteiger partial charge in [-0.3, -0.25) is 0 Å². The van der Waals surface area contributed by atoms with Gasteiger partial charge in [-0.1, -0.05) is 6.07 Å². The average molecular weight is 213 g/mol. The quantitative estimate of drug-likeness (QED) is 0.424. The number of carboxylic acids is 1. The highest BCUT2D eigenvalue weighted by Crippen LogP contribution is 2.29. The Morgan fingerprint density at radius 3 is 2.33 bits per heavy atom. The van der Waals surface area contributed by atoms with Gasteiger partial charge in [-0.15, -0.1) is 0 Å². The van der Waals surface area contributed by atoms with E-state index in [4.69, 9.17) is 26.2 Å². The minimum absolute atomic E-state index is 0.00722. The number of phenolic OH excluding ortho intramolecular Hbond substituents is 2. The van der Waals surface area contributed by atoms with Crippen LogP contribution in [0.3, 0.4) is 0 Å². The van der Waals surface area contributed by atoms with E-state index in [1.165, 1.54) is 6.07 Å². The van der Waals surface area contributed by atoms with E-state index in [9.17, 15) is 4.79 Å². The number of nitrogens with two attached hydrogens (primary N) is 1. The van der Waals surface area contributed by atoms with Gasteiger partial charge in [0.15, 0.2) is 17.0 Å². The van der Waals surface area contributed by atoms with Crippen molar-refractivity contribution in [3.63, 3.8) is 0 Å². The fraction of sp³-hybridized carbons (Fsp3) is 0.222. The first-order valence-electron chi connectivity index (χ1n) is 4.07. The normalized spacial score (nSPS) is 14.5. The number of carboxylic acid groups (broad SMARTS) is 1. The first-order chi connectivity index (χ1) is 6.91. The Hall–Kier alpha value is -1.79. The van der Waals surface area contributed by atoms with Crippen LogP contribution in [-0.2, 0) is 10.3 Å². The third-order valence-corrected chi connectivity index (χ3v) is 2.12. The molecule has 0 amide bonds. The zero-order chi connectivity index (χ0) is 11.6. The maximum absolute atomic E-state index is 10.8. The summed E-state index contributed by atoms with van der Waals surface area (Å²) in [5, 5.41) is 35.9. The van der Waals surface area contributed by atoms with E-state index in [2.05, 4.69) is 0 Å². The summed E-state index contributed by atoms with van der Waals surface area (Å²) in [4.78, 5) is 10.8. The van der Waals surface area contributed by atoms with Gasteiger partial charge in [-0.2, -0.15) is 0 Å². The molecule has 0 saturated heterocycles. The number of aliphatic hydroxyl groups is 1. The lowest BCUT2D eigenvalue weighted by atomic mass is 9.92. The zero-order valence-electron chi connectivity index (χ0n) is 7.71. The molecule has 15 heavy (non-hydrogen) atoms. The maximum atomic E-state index is 10.8. The monoisotopic (exact) mass is 213 g/mol. The molecule has 1 rings (SSSR count). The maximum Gasteiger partial charge on any atom is 0.330 e. The lowest BCUT2D eigenvalue weighted by Crippen LogP contribution is -2.48. The molecule has 0 spiro atoms. The number of carbonyl (C=O) groups is 1. The summed E-state index contributed by atoms with van der Waals surface area (Å²) in [5.74, 6) is -2.29. The van der Waals surface area contributed by atoms with Crippen molar-refractivity contribution in [2.75, 3.05) is 6.61 Å². The van der Waals surface area contributed by atoms with E-state index < -0.39 is 23.9 Å². The van der Waals surface area contributed by atoms with Crippen molar-refractivity contribution in [1.29, 1.82) is 0 Å². The van der Waals surface area contributed by atoms with E-state index >= 15 is 0 Å². The number of aliphatic hydroxyl groups excluding tert-OH is 1. The van der Waals surface area contributed by atoms with E-state index in [-0.39, 0.29) is 11.3 Å². The van der Waals surface area contributed by atoms with Crippen LogP contribution in [0.25, 0.3) is 0 Å². The molecule has 0 heterocycles. The second-order valence-corrected chi connectivity index (χ2v) is 3.14. The van der Waals surface area contributed by atoms with Crippen molar-refractivity contribution >= 4 is 5.97 Å². The smallest absolute Gasteiger partial charge is 0.330 e. The number of benzene rings is 1. The van der Waals surface area contributed by atoms with Crippen LogP contribution in [0.1, 0.15) is 5.56 Å². The van der Waals surface area contributed by atoms with Gasteiger partial charge in [0.25, 0.3) is 0 Å². The van der Waals surface area contributed by atoms with Gasteiger partial charge in [-0.05, 0) is 17.7 Å². The molecule has 6 N–H and O–H groups in total. The van der Waals surface area contributed by atoms with Crippen molar-refractivity contribution in [1.82, 2.24) is 0 Å². The molecular formula is C9H11NO5. The summed E-state index contributed by atoms with van der Waals surface area (Å²) in [6.45, 7) is -0.813. The molecule has 1 aromatic carbocycles. The Morgan fingerprint density at radius 1 is 1.33 bits per heavy atom. The highest BCUT2D eigenvalue weighted by molar-refractivity contribution is 5.81.